The summed E-state index contributed by atoms with van der Waals surface area (Å²) in [6.45, 7) is 2.89. The lowest BCUT2D eigenvalue weighted by Crippen LogP contribution is -2.23. The van der Waals surface area contributed by atoms with Crippen LogP contribution in [0, 0.1) is 5.82 Å². The van der Waals surface area contributed by atoms with E-state index < -0.39 is 0 Å². The lowest BCUT2D eigenvalue weighted by Gasteiger charge is -2.19. The molecule has 2 nitrogen and oxygen atoms in total. The molecular formula is C17H19ClFNO. The fourth-order valence-corrected chi connectivity index (χ4v) is 2.41. The molecular weight excluding hydrogens is 289 g/mol. The number of rotatable bonds is 6. The van der Waals surface area contributed by atoms with E-state index in [0.29, 0.717) is 6.42 Å². The van der Waals surface area contributed by atoms with Crippen LogP contribution in [0.2, 0.25) is 5.02 Å². The normalized spacial score (nSPS) is 12.2. The van der Waals surface area contributed by atoms with Crippen LogP contribution in [0.25, 0.3) is 0 Å². The van der Waals surface area contributed by atoms with Crippen molar-refractivity contribution >= 4 is 11.6 Å². The van der Waals surface area contributed by atoms with Crippen molar-refractivity contribution in [1.82, 2.24) is 5.32 Å². The Morgan fingerprint density at radius 1 is 1.19 bits per heavy atom. The monoisotopic (exact) mass is 307 g/mol. The third-order valence-electron chi connectivity index (χ3n) is 3.39. The molecule has 0 saturated carbocycles. The number of likely N-dealkylation sites (N-methyl/N-ethyl adjacent to an activating group) is 1. The zero-order chi connectivity index (χ0) is 15.2. The van der Waals surface area contributed by atoms with E-state index in [0.717, 1.165) is 23.4 Å². The summed E-state index contributed by atoms with van der Waals surface area (Å²) in [5, 5.41) is 3.58. The first kappa shape index (κ1) is 15.8. The second-order valence-corrected chi connectivity index (χ2v) is 5.24. The van der Waals surface area contributed by atoms with Gasteiger partial charge in [0.15, 0.2) is 0 Å². The lowest BCUT2D eigenvalue weighted by atomic mass is 9.98. The van der Waals surface area contributed by atoms with E-state index in [-0.39, 0.29) is 16.9 Å². The van der Waals surface area contributed by atoms with Crippen LogP contribution < -0.4 is 10.1 Å². The molecule has 2 aromatic rings. The minimum absolute atomic E-state index is 0.126. The first-order valence-corrected chi connectivity index (χ1v) is 7.33. The summed E-state index contributed by atoms with van der Waals surface area (Å²) in [6.07, 6.45) is 0.703. The van der Waals surface area contributed by atoms with Gasteiger partial charge < -0.3 is 10.1 Å². The van der Waals surface area contributed by atoms with Gasteiger partial charge in [0, 0.05) is 6.04 Å². The highest BCUT2D eigenvalue weighted by molar-refractivity contribution is 6.30. The van der Waals surface area contributed by atoms with Crippen molar-refractivity contribution in [3.63, 3.8) is 0 Å². The van der Waals surface area contributed by atoms with Crippen LogP contribution in [0.15, 0.2) is 42.5 Å². The smallest absolute Gasteiger partial charge is 0.142 e. The van der Waals surface area contributed by atoms with Gasteiger partial charge in [0.05, 0.1) is 12.1 Å². The van der Waals surface area contributed by atoms with Crippen molar-refractivity contribution in [2.24, 2.45) is 0 Å². The predicted molar refractivity (Wildman–Crippen MR) is 84.5 cm³/mol. The van der Waals surface area contributed by atoms with Gasteiger partial charge in [-0.2, -0.15) is 0 Å². The fourth-order valence-electron chi connectivity index (χ4n) is 2.29. The maximum Gasteiger partial charge on any atom is 0.142 e. The van der Waals surface area contributed by atoms with Crippen LogP contribution in [0.1, 0.15) is 24.1 Å². The number of hydrogen-bond donors (Lipinski definition) is 1. The summed E-state index contributed by atoms with van der Waals surface area (Å²) in [5.41, 5.74) is 2.06. The molecule has 2 aromatic carbocycles. The molecule has 1 N–H and O–H groups in total. The molecule has 1 unspecified atom stereocenters. The average Bonchev–Trinajstić information content (AvgIpc) is 2.50. The second kappa shape index (κ2) is 7.43. The molecule has 0 aliphatic heterocycles. The minimum atomic E-state index is -0.376. The summed E-state index contributed by atoms with van der Waals surface area (Å²) in [5.74, 6) is 0.450. The van der Waals surface area contributed by atoms with Crippen molar-refractivity contribution in [3.05, 3.63) is 64.4 Å². The quantitative estimate of drug-likeness (QED) is 0.855. The predicted octanol–water partition coefficient (Wildman–Crippen LogP) is 4.38. The summed E-state index contributed by atoms with van der Waals surface area (Å²) >= 11 is 5.72. The van der Waals surface area contributed by atoms with E-state index in [1.54, 1.807) is 13.2 Å². The first-order valence-electron chi connectivity index (χ1n) is 6.95. The molecule has 0 radical (unpaired) electrons. The fraction of sp³-hybridized carbons (Fsp3) is 0.294. The maximum absolute atomic E-state index is 13.5. The highest BCUT2D eigenvalue weighted by Crippen LogP contribution is 2.23. The van der Waals surface area contributed by atoms with Crippen molar-refractivity contribution < 1.29 is 9.13 Å². The zero-order valence-electron chi connectivity index (χ0n) is 12.2. The van der Waals surface area contributed by atoms with E-state index in [1.165, 1.54) is 6.07 Å². The second-order valence-electron chi connectivity index (χ2n) is 4.84. The molecule has 0 fully saturated rings. The Kier molecular flexibility index (Phi) is 5.59. The van der Waals surface area contributed by atoms with E-state index in [2.05, 4.69) is 12.2 Å². The number of halogens is 2. The van der Waals surface area contributed by atoms with Gasteiger partial charge in [0.1, 0.15) is 11.6 Å². The maximum atomic E-state index is 13.5. The van der Waals surface area contributed by atoms with Crippen LogP contribution in [0.3, 0.4) is 0 Å². The molecule has 4 heteroatoms. The van der Waals surface area contributed by atoms with Crippen LogP contribution in [0.5, 0.6) is 5.75 Å². The first-order chi connectivity index (χ1) is 10.1. The van der Waals surface area contributed by atoms with E-state index in [9.17, 15) is 4.39 Å². The van der Waals surface area contributed by atoms with Crippen molar-refractivity contribution in [3.8, 4) is 5.75 Å². The van der Waals surface area contributed by atoms with E-state index in [4.69, 9.17) is 16.3 Å². The SMILES string of the molecule is CCNC(Cc1ccc(Cl)c(F)c1)c1ccc(OC)cc1. The molecule has 0 aliphatic rings. The number of hydrogen-bond acceptors (Lipinski definition) is 2. The Hall–Kier alpha value is -1.58. The van der Waals surface area contributed by atoms with Gasteiger partial charge in [0.25, 0.3) is 0 Å². The van der Waals surface area contributed by atoms with Crippen LogP contribution in [-0.4, -0.2) is 13.7 Å². The van der Waals surface area contributed by atoms with Gasteiger partial charge >= 0.3 is 0 Å². The molecule has 0 spiro atoms. The molecule has 112 valence electrons. The number of methoxy groups -OCH3 is 1. The van der Waals surface area contributed by atoms with Crippen LogP contribution in [0.4, 0.5) is 4.39 Å². The highest BCUT2D eigenvalue weighted by atomic mass is 35.5. The molecule has 2 rings (SSSR count). The molecule has 0 saturated heterocycles. The van der Waals surface area contributed by atoms with Gasteiger partial charge in [-0.15, -0.1) is 0 Å². The molecule has 0 bridgehead atoms. The Labute approximate surface area is 129 Å². The van der Waals surface area contributed by atoms with Crippen molar-refractivity contribution in [2.45, 2.75) is 19.4 Å². The minimum Gasteiger partial charge on any atom is -0.497 e. The van der Waals surface area contributed by atoms with Gasteiger partial charge in [0.2, 0.25) is 0 Å². The summed E-state index contributed by atoms with van der Waals surface area (Å²) < 4.78 is 18.7. The molecule has 0 heterocycles. The molecule has 0 aliphatic carbocycles. The summed E-state index contributed by atoms with van der Waals surface area (Å²) in [4.78, 5) is 0. The number of nitrogens with one attached hydrogen (secondary N) is 1. The summed E-state index contributed by atoms with van der Waals surface area (Å²) in [7, 11) is 1.65. The van der Waals surface area contributed by atoms with Gasteiger partial charge in [-0.05, 0) is 48.4 Å². The summed E-state index contributed by atoms with van der Waals surface area (Å²) in [6, 6.07) is 13.0. The largest absolute Gasteiger partial charge is 0.497 e. The topological polar surface area (TPSA) is 21.3 Å². The Balaban J connectivity index is 2.19. The van der Waals surface area contributed by atoms with Crippen LogP contribution in [-0.2, 0) is 6.42 Å². The number of ether oxygens (including phenoxy) is 1. The average molecular weight is 308 g/mol. The van der Waals surface area contributed by atoms with Gasteiger partial charge in [-0.3, -0.25) is 0 Å². The highest BCUT2D eigenvalue weighted by Gasteiger charge is 2.12. The number of benzene rings is 2. The molecule has 0 aromatic heterocycles. The molecule has 21 heavy (non-hydrogen) atoms. The standard InChI is InChI=1S/C17H19ClFNO/c1-3-20-17(13-5-7-14(21-2)8-6-13)11-12-4-9-15(18)16(19)10-12/h4-10,17,20H,3,11H2,1-2H3. The Bertz CT molecular complexity index is 586. The zero-order valence-corrected chi connectivity index (χ0v) is 13.0. The van der Waals surface area contributed by atoms with Gasteiger partial charge in [-0.1, -0.05) is 36.7 Å². The van der Waals surface area contributed by atoms with Crippen LogP contribution >= 0.6 is 11.6 Å². The van der Waals surface area contributed by atoms with Crippen molar-refractivity contribution in [2.75, 3.05) is 13.7 Å². The van der Waals surface area contributed by atoms with Gasteiger partial charge in [-0.25, -0.2) is 4.39 Å². The van der Waals surface area contributed by atoms with E-state index >= 15 is 0 Å². The molecule has 0 amide bonds. The van der Waals surface area contributed by atoms with Crippen molar-refractivity contribution in [1.29, 1.82) is 0 Å². The van der Waals surface area contributed by atoms with E-state index in [1.807, 2.05) is 30.3 Å². The lowest BCUT2D eigenvalue weighted by molar-refractivity contribution is 0.414. The Morgan fingerprint density at radius 3 is 2.48 bits per heavy atom. The molecule has 1 atom stereocenters. The third-order valence-corrected chi connectivity index (χ3v) is 3.70. The Morgan fingerprint density at radius 2 is 1.90 bits per heavy atom. The third kappa shape index (κ3) is 4.19.